The van der Waals surface area contributed by atoms with E-state index < -0.39 is 11.6 Å². The zero-order chi connectivity index (χ0) is 14.1. The summed E-state index contributed by atoms with van der Waals surface area (Å²) >= 11 is 0. The highest BCUT2D eigenvalue weighted by atomic mass is 19.2. The summed E-state index contributed by atoms with van der Waals surface area (Å²) in [4.78, 5) is 14.0. The Morgan fingerprint density at radius 3 is 2.90 bits per heavy atom. The van der Waals surface area contributed by atoms with Gasteiger partial charge < -0.3 is 4.57 Å². The smallest absolute Gasteiger partial charge is 0.176 e. The summed E-state index contributed by atoms with van der Waals surface area (Å²) in [6.07, 6.45) is 1.66. The fourth-order valence-corrected chi connectivity index (χ4v) is 2.22. The van der Waals surface area contributed by atoms with Gasteiger partial charge in [0.15, 0.2) is 17.4 Å². The number of hydrogen-bond donors (Lipinski definition) is 0. The van der Waals surface area contributed by atoms with Crippen molar-refractivity contribution in [2.24, 2.45) is 0 Å². The molecule has 0 bridgehead atoms. The lowest BCUT2D eigenvalue weighted by atomic mass is 10.1. The Morgan fingerprint density at radius 1 is 1.25 bits per heavy atom. The van der Waals surface area contributed by atoms with Crippen molar-refractivity contribution >= 4 is 5.78 Å². The average molecular weight is 278 g/mol. The molecule has 0 saturated heterocycles. The minimum Gasteiger partial charge on any atom is -0.315 e. The molecule has 0 N–H and O–H groups in total. The number of benzene rings is 1. The van der Waals surface area contributed by atoms with Crippen molar-refractivity contribution in [3.8, 4) is 0 Å². The SMILES string of the molecule is O=C(CN1CCn2cnnc2C1)c1ccc(F)c(F)c1. The predicted molar refractivity (Wildman–Crippen MR) is 66.0 cm³/mol. The van der Waals surface area contributed by atoms with Crippen molar-refractivity contribution in [1.82, 2.24) is 19.7 Å². The topological polar surface area (TPSA) is 51.0 Å². The van der Waals surface area contributed by atoms with Crippen molar-refractivity contribution in [1.29, 1.82) is 0 Å². The van der Waals surface area contributed by atoms with Gasteiger partial charge in [0.2, 0.25) is 0 Å². The van der Waals surface area contributed by atoms with Crippen LogP contribution < -0.4 is 0 Å². The van der Waals surface area contributed by atoms with Gasteiger partial charge in [0.1, 0.15) is 12.2 Å². The Bertz CT molecular complexity index is 656. The maximum Gasteiger partial charge on any atom is 0.176 e. The summed E-state index contributed by atoms with van der Waals surface area (Å²) in [5.74, 6) is -1.40. The van der Waals surface area contributed by atoms with Crippen molar-refractivity contribution in [2.75, 3.05) is 13.1 Å². The standard InChI is InChI=1S/C13H12F2N4O/c14-10-2-1-9(5-11(10)15)12(20)6-18-3-4-19-8-16-17-13(19)7-18/h1-2,5,8H,3-4,6-7H2. The molecule has 1 aliphatic heterocycles. The molecule has 3 rings (SSSR count). The summed E-state index contributed by atoms with van der Waals surface area (Å²) in [6.45, 7) is 2.08. The molecule has 1 aromatic carbocycles. The van der Waals surface area contributed by atoms with E-state index in [1.165, 1.54) is 6.07 Å². The lowest BCUT2D eigenvalue weighted by Gasteiger charge is -2.26. The maximum absolute atomic E-state index is 13.1. The molecule has 1 aliphatic rings. The van der Waals surface area contributed by atoms with Crippen LogP contribution in [0.4, 0.5) is 8.78 Å². The molecular formula is C13H12F2N4O. The van der Waals surface area contributed by atoms with Crippen LogP contribution in [-0.4, -0.2) is 38.5 Å². The molecule has 0 unspecified atom stereocenters. The monoisotopic (exact) mass is 278 g/mol. The van der Waals surface area contributed by atoms with Gasteiger partial charge in [0.25, 0.3) is 0 Å². The van der Waals surface area contributed by atoms with Gasteiger partial charge in [-0.25, -0.2) is 8.78 Å². The summed E-state index contributed by atoms with van der Waals surface area (Å²) < 4.78 is 27.9. The molecule has 0 fully saturated rings. The van der Waals surface area contributed by atoms with E-state index in [-0.39, 0.29) is 17.9 Å². The third kappa shape index (κ3) is 2.44. The lowest BCUT2D eigenvalue weighted by Crippen LogP contribution is -2.37. The van der Waals surface area contributed by atoms with Gasteiger partial charge >= 0.3 is 0 Å². The first-order valence-corrected chi connectivity index (χ1v) is 6.21. The first-order valence-electron chi connectivity index (χ1n) is 6.21. The maximum atomic E-state index is 13.1. The molecule has 0 atom stereocenters. The Hall–Kier alpha value is -2.15. The number of ketones is 1. The first-order chi connectivity index (χ1) is 9.63. The average Bonchev–Trinajstić information content (AvgIpc) is 2.89. The third-order valence-corrected chi connectivity index (χ3v) is 3.33. The fourth-order valence-electron chi connectivity index (χ4n) is 2.22. The van der Waals surface area contributed by atoms with Crippen LogP contribution in [0, 0.1) is 11.6 Å². The lowest BCUT2D eigenvalue weighted by molar-refractivity contribution is 0.0907. The number of carbonyl (C=O) groups excluding carboxylic acids is 1. The van der Waals surface area contributed by atoms with E-state index in [1.54, 1.807) is 6.33 Å². The van der Waals surface area contributed by atoms with Gasteiger partial charge in [-0.3, -0.25) is 9.69 Å². The Kier molecular flexibility index (Phi) is 3.27. The minimum absolute atomic E-state index is 0.151. The van der Waals surface area contributed by atoms with Crippen molar-refractivity contribution in [3.05, 3.63) is 47.5 Å². The zero-order valence-electron chi connectivity index (χ0n) is 10.6. The second-order valence-electron chi connectivity index (χ2n) is 4.70. The third-order valence-electron chi connectivity index (χ3n) is 3.33. The van der Waals surface area contributed by atoms with Crippen molar-refractivity contribution < 1.29 is 13.6 Å². The Morgan fingerprint density at radius 2 is 2.10 bits per heavy atom. The molecule has 7 heteroatoms. The molecule has 2 aromatic rings. The van der Waals surface area contributed by atoms with E-state index in [0.717, 1.165) is 18.0 Å². The minimum atomic E-state index is -1.01. The molecule has 104 valence electrons. The van der Waals surface area contributed by atoms with E-state index >= 15 is 0 Å². The molecule has 0 aliphatic carbocycles. The number of hydrogen-bond acceptors (Lipinski definition) is 4. The first kappa shape index (κ1) is 12.9. The van der Waals surface area contributed by atoms with E-state index in [1.807, 2.05) is 9.47 Å². The molecule has 0 amide bonds. The van der Waals surface area contributed by atoms with Crippen LogP contribution in [-0.2, 0) is 13.1 Å². The van der Waals surface area contributed by atoms with E-state index in [0.29, 0.717) is 19.6 Å². The Balaban J connectivity index is 1.69. The summed E-state index contributed by atoms with van der Waals surface area (Å²) in [5.41, 5.74) is 0.177. The van der Waals surface area contributed by atoms with Crippen LogP contribution in [0.25, 0.3) is 0 Å². The van der Waals surface area contributed by atoms with Crippen molar-refractivity contribution in [2.45, 2.75) is 13.1 Å². The van der Waals surface area contributed by atoms with E-state index in [4.69, 9.17) is 0 Å². The van der Waals surface area contributed by atoms with Crippen LogP contribution in [0.1, 0.15) is 16.2 Å². The summed E-state index contributed by atoms with van der Waals surface area (Å²) in [5, 5.41) is 7.77. The number of Topliss-reactive ketones (excluding diaryl/α,β-unsaturated/α-hetero) is 1. The van der Waals surface area contributed by atoms with E-state index in [2.05, 4.69) is 10.2 Å². The molecule has 20 heavy (non-hydrogen) atoms. The quantitative estimate of drug-likeness (QED) is 0.793. The second kappa shape index (κ2) is 5.09. The molecular weight excluding hydrogens is 266 g/mol. The van der Waals surface area contributed by atoms with Gasteiger partial charge in [-0.15, -0.1) is 10.2 Å². The molecule has 2 heterocycles. The molecule has 1 aromatic heterocycles. The van der Waals surface area contributed by atoms with Gasteiger partial charge in [0.05, 0.1) is 13.1 Å². The summed E-state index contributed by atoms with van der Waals surface area (Å²) in [6, 6.07) is 3.20. The second-order valence-corrected chi connectivity index (χ2v) is 4.70. The van der Waals surface area contributed by atoms with Gasteiger partial charge in [-0.2, -0.15) is 0 Å². The fraction of sp³-hybridized carbons (Fsp3) is 0.308. The zero-order valence-corrected chi connectivity index (χ0v) is 10.6. The van der Waals surface area contributed by atoms with Gasteiger partial charge in [0, 0.05) is 18.7 Å². The highest BCUT2D eigenvalue weighted by Gasteiger charge is 2.20. The highest BCUT2D eigenvalue weighted by molar-refractivity contribution is 5.97. The van der Waals surface area contributed by atoms with Crippen LogP contribution in [0.3, 0.4) is 0 Å². The number of aromatic nitrogens is 3. The number of halogens is 2. The number of rotatable bonds is 3. The molecule has 5 nitrogen and oxygen atoms in total. The van der Waals surface area contributed by atoms with Crippen molar-refractivity contribution in [3.63, 3.8) is 0 Å². The van der Waals surface area contributed by atoms with E-state index in [9.17, 15) is 13.6 Å². The number of fused-ring (bicyclic) bond motifs is 1. The van der Waals surface area contributed by atoms with Gasteiger partial charge in [-0.05, 0) is 18.2 Å². The molecule has 0 spiro atoms. The number of carbonyl (C=O) groups is 1. The van der Waals surface area contributed by atoms with Gasteiger partial charge in [-0.1, -0.05) is 0 Å². The Labute approximate surface area is 113 Å². The largest absolute Gasteiger partial charge is 0.315 e. The van der Waals surface area contributed by atoms with Crippen LogP contribution in [0.5, 0.6) is 0 Å². The van der Waals surface area contributed by atoms with Crippen LogP contribution in [0.15, 0.2) is 24.5 Å². The number of nitrogens with zero attached hydrogens (tertiary/aromatic N) is 4. The predicted octanol–water partition coefficient (Wildman–Crippen LogP) is 1.25. The summed E-state index contributed by atoms with van der Waals surface area (Å²) in [7, 11) is 0. The molecule has 0 saturated carbocycles. The van der Waals surface area contributed by atoms with Crippen LogP contribution >= 0.6 is 0 Å². The van der Waals surface area contributed by atoms with Crippen LogP contribution in [0.2, 0.25) is 0 Å². The molecule has 0 radical (unpaired) electrons. The highest BCUT2D eigenvalue weighted by Crippen LogP contribution is 2.13. The normalized spacial score (nSPS) is 15.1.